The van der Waals surface area contributed by atoms with Gasteiger partial charge >= 0.3 is 0 Å². The quantitative estimate of drug-likeness (QED) is 0.194. The number of anilines is 1. The number of carbonyl (C=O) groups is 2. The van der Waals surface area contributed by atoms with E-state index in [2.05, 4.69) is 5.32 Å². The zero-order valence-corrected chi connectivity index (χ0v) is 26.8. The third kappa shape index (κ3) is 8.40. The first-order valence-electron chi connectivity index (χ1n) is 15.7. The molecule has 0 aliphatic heterocycles. The topological polar surface area (TPSA) is 86.8 Å². The summed E-state index contributed by atoms with van der Waals surface area (Å²) in [6, 6.07) is 29.2. The molecule has 0 saturated heterocycles. The highest BCUT2D eigenvalue weighted by Crippen LogP contribution is 2.26. The van der Waals surface area contributed by atoms with Crippen LogP contribution in [-0.4, -0.2) is 43.8 Å². The molecule has 46 heavy (non-hydrogen) atoms. The number of nitrogens with one attached hydrogen (secondary N) is 1. The molecule has 2 amide bonds. The molecule has 1 aliphatic carbocycles. The molecule has 1 unspecified atom stereocenters. The number of nitrogens with zero attached hydrogens (tertiary/aromatic N) is 2. The minimum atomic E-state index is -4.17. The van der Waals surface area contributed by atoms with Crippen LogP contribution in [0, 0.1) is 12.7 Å². The van der Waals surface area contributed by atoms with E-state index < -0.39 is 34.3 Å². The Balaban J connectivity index is 1.55. The molecule has 0 bridgehead atoms. The largest absolute Gasteiger partial charge is 0.352 e. The van der Waals surface area contributed by atoms with Gasteiger partial charge in [-0.25, -0.2) is 12.8 Å². The van der Waals surface area contributed by atoms with E-state index in [4.69, 9.17) is 0 Å². The van der Waals surface area contributed by atoms with Crippen molar-refractivity contribution in [2.45, 2.75) is 69.0 Å². The summed E-state index contributed by atoms with van der Waals surface area (Å²) < 4.78 is 43.1. The Morgan fingerprint density at radius 2 is 1.41 bits per heavy atom. The van der Waals surface area contributed by atoms with Gasteiger partial charge in [0.1, 0.15) is 18.4 Å². The molecule has 4 aromatic rings. The predicted molar refractivity (Wildman–Crippen MR) is 178 cm³/mol. The minimum absolute atomic E-state index is 0.00446. The van der Waals surface area contributed by atoms with Crippen molar-refractivity contribution in [2.75, 3.05) is 10.8 Å². The molecule has 5 rings (SSSR count). The Labute approximate surface area is 271 Å². The maximum atomic E-state index is 14.5. The molecule has 0 heterocycles. The first-order chi connectivity index (χ1) is 22.2. The highest BCUT2D eigenvalue weighted by molar-refractivity contribution is 7.92. The van der Waals surface area contributed by atoms with E-state index >= 15 is 0 Å². The van der Waals surface area contributed by atoms with Crippen molar-refractivity contribution < 1.29 is 22.4 Å². The van der Waals surface area contributed by atoms with Crippen molar-refractivity contribution >= 4 is 27.5 Å². The van der Waals surface area contributed by atoms with E-state index in [0.29, 0.717) is 11.3 Å². The third-order valence-corrected chi connectivity index (χ3v) is 10.2. The van der Waals surface area contributed by atoms with Crippen LogP contribution >= 0.6 is 0 Å². The maximum Gasteiger partial charge on any atom is 0.264 e. The Kier molecular flexibility index (Phi) is 10.9. The van der Waals surface area contributed by atoms with Gasteiger partial charge in [-0.15, -0.1) is 0 Å². The van der Waals surface area contributed by atoms with Gasteiger partial charge in [0.15, 0.2) is 0 Å². The normalized spacial score (nSPS) is 14.3. The molecule has 1 atom stereocenters. The number of hydrogen-bond acceptors (Lipinski definition) is 4. The van der Waals surface area contributed by atoms with Crippen LogP contribution in [0.1, 0.15) is 48.8 Å². The molecule has 9 heteroatoms. The number of benzene rings is 4. The molecule has 1 saturated carbocycles. The number of carbonyl (C=O) groups excluding carboxylic acids is 2. The highest BCUT2D eigenvalue weighted by atomic mass is 32.2. The Morgan fingerprint density at radius 1 is 0.804 bits per heavy atom. The third-order valence-electron chi connectivity index (χ3n) is 8.42. The molecule has 240 valence electrons. The molecular formula is C37H40FN3O4S. The molecule has 1 fully saturated rings. The highest BCUT2D eigenvalue weighted by Gasteiger charge is 2.35. The molecule has 4 aromatic carbocycles. The van der Waals surface area contributed by atoms with Crippen molar-refractivity contribution in [3.8, 4) is 0 Å². The first-order valence-corrected chi connectivity index (χ1v) is 17.2. The van der Waals surface area contributed by atoms with Crippen LogP contribution in [0.15, 0.2) is 114 Å². The Hall–Kier alpha value is -4.50. The van der Waals surface area contributed by atoms with Crippen LogP contribution in [0.2, 0.25) is 0 Å². The number of aryl methyl sites for hydroxylation is 1. The Bertz CT molecular complexity index is 1690. The van der Waals surface area contributed by atoms with Crippen LogP contribution in [0.3, 0.4) is 0 Å². The average Bonchev–Trinajstić information content (AvgIpc) is 3.07. The van der Waals surface area contributed by atoms with Crippen molar-refractivity contribution in [1.29, 1.82) is 0 Å². The van der Waals surface area contributed by atoms with Gasteiger partial charge in [0.05, 0.1) is 10.6 Å². The van der Waals surface area contributed by atoms with Crippen molar-refractivity contribution in [1.82, 2.24) is 10.2 Å². The molecule has 0 aromatic heterocycles. The van der Waals surface area contributed by atoms with Crippen molar-refractivity contribution in [3.05, 3.63) is 132 Å². The van der Waals surface area contributed by atoms with E-state index in [-0.39, 0.29) is 29.8 Å². The fraction of sp³-hybridized carbons (Fsp3) is 0.297. The van der Waals surface area contributed by atoms with Crippen LogP contribution in [0.25, 0.3) is 0 Å². The average molecular weight is 642 g/mol. The molecular weight excluding hydrogens is 601 g/mol. The molecule has 0 radical (unpaired) electrons. The van der Waals surface area contributed by atoms with Crippen LogP contribution in [0.4, 0.5) is 10.1 Å². The lowest BCUT2D eigenvalue weighted by Crippen LogP contribution is -2.55. The summed E-state index contributed by atoms with van der Waals surface area (Å²) in [5.41, 5.74) is 2.74. The Morgan fingerprint density at radius 3 is 2.04 bits per heavy atom. The van der Waals surface area contributed by atoms with Gasteiger partial charge in [0, 0.05) is 19.0 Å². The van der Waals surface area contributed by atoms with Gasteiger partial charge < -0.3 is 10.2 Å². The number of hydrogen-bond donors (Lipinski definition) is 1. The number of amides is 2. The summed E-state index contributed by atoms with van der Waals surface area (Å²) in [5.74, 6) is -1.26. The fourth-order valence-electron chi connectivity index (χ4n) is 5.84. The molecule has 1 aliphatic rings. The summed E-state index contributed by atoms with van der Waals surface area (Å²) in [5, 5.41) is 3.19. The van der Waals surface area contributed by atoms with E-state index in [0.717, 1.165) is 47.5 Å². The second-order valence-corrected chi connectivity index (χ2v) is 13.7. The summed E-state index contributed by atoms with van der Waals surface area (Å²) >= 11 is 0. The lowest BCUT2D eigenvalue weighted by molar-refractivity contribution is -0.140. The van der Waals surface area contributed by atoms with Crippen LogP contribution < -0.4 is 9.62 Å². The van der Waals surface area contributed by atoms with E-state index in [1.165, 1.54) is 29.2 Å². The first kappa shape index (κ1) is 32.9. The standard InChI is InChI=1S/C37H40FN3O4S/c1-28-17-23-33(24-18-28)41(46(44,45)34-15-9-4-10-16-34)27-36(42)40(26-30-19-21-31(38)22-20-30)35(25-29-11-5-2-6-12-29)37(43)39-32-13-7-3-8-14-32/h2,4-6,9-12,15-24,32,35H,3,7-8,13-14,25-27H2,1H3,(H,39,43). The van der Waals surface area contributed by atoms with Crippen LogP contribution in [0.5, 0.6) is 0 Å². The second kappa shape index (κ2) is 15.2. The van der Waals surface area contributed by atoms with Crippen LogP contribution in [-0.2, 0) is 32.6 Å². The molecule has 1 N–H and O–H groups in total. The number of halogens is 1. The molecule has 0 spiro atoms. The molecule has 7 nitrogen and oxygen atoms in total. The van der Waals surface area contributed by atoms with Gasteiger partial charge in [-0.05, 0) is 67.3 Å². The summed E-state index contributed by atoms with van der Waals surface area (Å²) in [7, 11) is -4.17. The SMILES string of the molecule is Cc1ccc(N(CC(=O)N(Cc2ccc(F)cc2)C(Cc2ccccc2)C(=O)NC2CCCCC2)S(=O)(=O)c2ccccc2)cc1. The maximum absolute atomic E-state index is 14.5. The predicted octanol–water partition coefficient (Wildman–Crippen LogP) is 6.42. The second-order valence-electron chi connectivity index (χ2n) is 11.9. The monoisotopic (exact) mass is 641 g/mol. The van der Waals surface area contributed by atoms with Crippen molar-refractivity contribution in [3.63, 3.8) is 0 Å². The van der Waals surface area contributed by atoms with E-state index in [9.17, 15) is 22.4 Å². The van der Waals surface area contributed by atoms with Gasteiger partial charge in [-0.3, -0.25) is 13.9 Å². The lowest BCUT2D eigenvalue weighted by atomic mass is 9.94. The van der Waals surface area contributed by atoms with Gasteiger partial charge in [0.25, 0.3) is 10.0 Å². The van der Waals surface area contributed by atoms with Crippen molar-refractivity contribution in [2.24, 2.45) is 0 Å². The lowest BCUT2D eigenvalue weighted by Gasteiger charge is -2.35. The zero-order valence-electron chi connectivity index (χ0n) is 26.0. The van der Waals surface area contributed by atoms with E-state index in [1.807, 2.05) is 37.3 Å². The summed E-state index contributed by atoms with van der Waals surface area (Å²) in [6.45, 7) is 1.35. The van der Waals surface area contributed by atoms with Gasteiger partial charge in [0.2, 0.25) is 11.8 Å². The smallest absolute Gasteiger partial charge is 0.264 e. The number of sulfonamides is 1. The summed E-state index contributed by atoms with van der Waals surface area (Å²) in [6.07, 6.45) is 5.13. The van der Waals surface area contributed by atoms with Gasteiger partial charge in [-0.2, -0.15) is 0 Å². The number of rotatable bonds is 12. The fourth-order valence-corrected chi connectivity index (χ4v) is 7.28. The minimum Gasteiger partial charge on any atom is -0.352 e. The van der Waals surface area contributed by atoms with Gasteiger partial charge in [-0.1, -0.05) is 97.6 Å². The van der Waals surface area contributed by atoms with E-state index in [1.54, 1.807) is 54.6 Å². The zero-order chi connectivity index (χ0) is 32.5. The summed E-state index contributed by atoms with van der Waals surface area (Å²) in [4.78, 5) is 30.1.